The number of anilines is 1. The number of rotatable bonds is 7. The minimum atomic E-state index is -4.46. The van der Waals surface area contributed by atoms with E-state index in [1.807, 2.05) is 11.9 Å². The molecule has 1 saturated heterocycles. The Balaban J connectivity index is 1.91. The van der Waals surface area contributed by atoms with Crippen LogP contribution in [0.25, 0.3) is 10.9 Å². The highest BCUT2D eigenvalue weighted by Gasteiger charge is 2.31. The van der Waals surface area contributed by atoms with Crippen molar-refractivity contribution in [3.05, 3.63) is 30.0 Å². The van der Waals surface area contributed by atoms with Crippen LogP contribution in [0.3, 0.4) is 0 Å². The fraction of sp³-hybridized carbons (Fsp3) is 0.500. The minimum absolute atomic E-state index is 0.152. The van der Waals surface area contributed by atoms with E-state index in [9.17, 15) is 22.4 Å². The van der Waals surface area contributed by atoms with Gasteiger partial charge in [-0.05, 0) is 31.7 Å². The summed E-state index contributed by atoms with van der Waals surface area (Å²) in [6.07, 6.45) is -3.84. The van der Waals surface area contributed by atoms with Gasteiger partial charge in [0.1, 0.15) is 12.7 Å². The maximum absolute atomic E-state index is 14.5. The molecule has 1 fully saturated rings. The SMILES string of the molecule is CNC(=O)CO/N=C/c1cc2c(N[C@@H]3CCN(C)C[C@@H]3F)cccc2n1CC(F)(F)F. The molecule has 1 aromatic carbocycles. The number of alkyl halides is 4. The second kappa shape index (κ2) is 9.54. The Morgan fingerprint density at radius 3 is 2.84 bits per heavy atom. The van der Waals surface area contributed by atoms with Gasteiger partial charge in [-0.3, -0.25) is 4.79 Å². The van der Waals surface area contributed by atoms with Gasteiger partial charge in [0, 0.05) is 31.2 Å². The van der Waals surface area contributed by atoms with E-state index in [0.717, 1.165) is 17.3 Å². The van der Waals surface area contributed by atoms with Gasteiger partial charge in [0.15, 0.2) is 6.61 Å². The van der Waals surface area contributed by atoms with Crippen LogP contribution < -0.4 is 10.6 Å². The first-order chi connectivity index (χ1) is 14.7. The molecule has 7 nitrogen and oxygen atoms in total. The van der Waals surface area contributed by atoms with Gasteiger partial charge in [-0.2, -0.15) is 13.2 Å². The van der Waals surface area contributed by atoms with Gasteiger partial charge >= 0.3 is 6.18 Å². The molecule has 11 heteroatoms. The molecule has 0 spiro atoms. The molecule has 2 aromatic rings. The van der Waals surface area contributed by atoms with Crippen molar-refractivity contribution in [2.45, 2.75) is 31.4 Å². The maximum atomic E-state index is 14.5. The Labute approximate surface area is 177 Å². The number of halogens is 4. The molecular formula is C20H25F4N5O2. The van der Waals surface area contributed by atoms with Crippen LogP contribution in [0.5, 0.6) is 0 Å². The molecule has 0 bridgehead atoms. The molecule has 1 amide bonds. The molecule has 31 heavy (non-hydrogen) atoms. The predicted octanol–water partition coefficient (Wildman–Crippen LogP) is 2.75. The van der Waals surface area contributed by atoms with Crippen molar-refractivity contribution in [2.24, 2.45) is 5.16 Å². The molecule has 2 atom stereocenters. The van der Waals surface area contributed by atoms with Crippen molar-refractivity contribution < 1.29 is 27.2 Å². The van der Waals surface area contributed by atoms with Crippen molar-refractivity contribution in [2.75, 3.05) is 39.1 Å². The molecule has 0 radical (unpaired) electrons. The summed E-state index contributed by atoms with van der Waals surface area (Å²) in [6.45, 7) is -0.558. The first kappa shape index (κ1) is 22.9. The van der Waals surface area contributed by atoms with E-state index < -0.39 is 30.8 Å². The number of fused-ring (bicyclic) bond motifs is 1. The lowest BCUT2D eigenvalue weighted by Crippen LogP contribution is -2.46. The second-order valence-electron chi connectivity index (χ2n) is 7.51. The number of oxime groups is 1. The summed E-state index contributed by atoms with van der Waals surface area (Å²) in [6, 6.07) is 6.02. The van der Waals surface area contributed by atoms with E-state index in [4.69, 9.17) is 4.84 Å². The molecule has 1 aromatic heterocycles. The number of nitrogens with one attached hydrogen (secondary N) is 2. The molecular weight excluding hydrogens is 418 g/mol. The molecule has 0 aliphatic carbocycles. The number of carbonyl (C=O) groups is 1. The van der Waals surface area contributed by atoms with E-state index in [1.165, 1.54) is 7.05 Å². The summed E-state index contributed by atoms with van der Waals surface area (Å²) in [4.78, 5) is 17.9. The lowest BCUT2D eigenvalue weighted by molar-refractivity contribution is -0.139. The van der Waals surface area contributed by atoms with Crippen LogP contribution in [0.1, 0.15) is 12.1 Å². The number of aromatic nitrogens is 1. The highest BCUT2D eigenvalue weighted by Crippen LogP contribution is 2.31. The van der Waals surface area contributed by atoms with Crippen LogP contribution in [0.15, 0.2) is 29.4 Å². The zero-order chi connectivity index (χ0) is 22.6. The number of piperidine rings is 1. The van der Waals surface area contributed by atoms with Gasteiger partial charge in [0.25, 0.3) is 5.91 Å². The molecule has 2 heterocycles. The van der Waals surface area contributed by atoms with Crippen LogP contribution >= 0.6 is 0 Å². The first-order valence-electron chi connectivity index (χ1n) is 9.82. The van der Waals surface area contributed by atoms with Gasteiger partial charge < -0.3 is 24.9 Å². The summed E-state index contributed by atoms with van der Waals surface area (Å²) < 4.78 is 55.2. The summed E-state index contributed by atoms with van der Waals surface area (Å²) in [5, 5.41) is 9.65. The van der Waals surface area contributed by atoms with Crippen molar-refractivity contribution in [1.29, 1.82) is 0 Å². The molecule has 170 valence electrons. The Morgan fingerprint density at radius 2 is 2.16 bits per heavy atom. The fourth-order valence-corrected chi connectivity index (χ4v) is 3.57. The average Bonchev–Trinajstić information content (AvgIpc) is 3.04. The second-order valence-corrected chi connectivity index (χ2v) is 7.51. The number of amides is 1. The predicted molar refractivity (Wildman–Crippen MR) is 110 cm³/mol. The van der Waals surface area contributed by atoms with E-state index in [-0.39, 0.29) is 12.3 Å². The van der Waals surface area contributed by atoms with Gasteiger partial charge in [0.05, 0.1) is 23.5 Å². The average molecular weight is 443 g/mol. The third-order valence-electron chi connectivity index (χ3n) is 5.13. The third-order valence-corrected chi connectivity index (χ3v) is 5.13. The Kier molecular flexibility index (Phi) is 7.04. The zero-order valence-electron chi connectivity index (χ0n) is 17.2. The Morgan fingerprint density at radius 1 is 1.39 bits per heavy atom. The molecule has 0 saturated carbocycles. The highest BCUT2D eigenvalue weighted by atomic mass is 19.4. The van der Waals surface area contributed by atoms with E-state index in [2.05, 4.69) is 15.8 Å². The summed E-state index contributed by atoms with van der Waals surface area (Å²) >= 11 is 0. The summed E-state index contributed by atoms with van der Waals surface area (Å²) in [7, 11) is 3.27. The number of likely N-dealkylation sites (tertiary alicyclic amines) is 1. The van der Waals surface area contributed by atoms with Crippen LogP contribution in [0, 0.1) is 0 Å². The van der Waals surface area contributed by atoms with Crippen LogP contribution in [-0.4, -0.2) is 73.8 Å². The lowest BCUT2D eigenvalue weighted by atomic mass is 10.0. The topological polar surface area (TPSA) is 70.9 Å². The van der Waals surface area contributed by atoms with E-state index >= 15 is 0 Å². The zero-order valence-corrected chi connectivity index (χ0v) is 17.2. The minimum Gasteiger partial charge on any atom is -0.386 e. The highest BCUT2D eigenvalue weighted by molar-refractivity contribution is 5.98. The fourth-order valence-electron chi connectivity index (χ4n) is 3.57. The van der Waals surface area contributed by atoms with Crippen molar-refractivity contribution in [1.82, 2.24) is 14.8 Å². The van der Waals surface area contributed by atoms with Crippen molar-refractivity contribution in [3.8, 4) is 0 Å². The molecule has 1 aliphatic heterocycles. The Bertz CT molecular complexity index is 944. The van der Waals surface area contributed by atoms with E-state index in [1.54, 1.807) is 24.3 Å². The van der Waals surface area contributed by atoms with Gasteiger partial charge in [0.2, 0.25) is 0 Å². The number of nitrogens with zero attached hydrogens (tertiary/aromatic N) is 3. The van der Waals surface area contributed by atoms with Gasteiger partial charge in [-0.15, -0.1) is 0 Å². The number of likely N-dealkylation sites (N-methyl/N-ethyl adjacent to an activating group) is 1. The largest absolute Gasteiger partial charge is 0.406 e. The quantitative estimate of drug-likeness (QED) is 0.392. The van der Waals surface area contributed by atoms with Gasteiger partial charge in [-0.25, -0.2) is 4.39 Å². The molecule has 0 unspecified atom stereocenters. The number of benzene rings is 1. The number of hydrogen-bond donors (Lipinski definition) is 2. The van der Waals surface area contributed by atoms with Crippen molar-refractivity contribution >= 4 is 28.7 Å². The van der Waals surface area contributed by atoms with Crippen LogP contribution in [-0.2, 0) is 16.2 Å². The van der Waals surface area contributed by atoms with Crippen molar-refractivity contribution in [3.63, 3.8) is 0 Å². The molecule has 3 rings (SSSR count). The molecule has 2 N–H and O–H groups in total. The summed E-state index contributed by atoms with van der Waals surface area (Å²) in [5.74, 6) is -0.418. The van der Waals surface area contributed by atoms with Crippen LogP contribution in [0.4, 0.5) is 23.2 Å². The lowest BCUT2D eigenvalue weighted by Gasteiger charge is -2.33. The summed E-state index contributed by atoms with van der Waals surface area (Å²) in [5.41, 5.74) is 1.04. The third kappa shape index (κ3) is 5.87. The van der Waals surface area contributed by atoms with Gasteiger partial charge in [-0.1, -0.05) is 11.2 Å². The monoisotopic (exact) mass is 443 g/mol. The standard InChI is InChI=1S/C20H25F4N5O2/c1-25-19(30)11-31-26-9-13-8-14-16(27-17-6-7-28(2)10-15(17)21)4-3-5-18(14)29(13)12-20(22,23)24/h3-5,8-9,15,17,27H,6-7,10-12H2,1-2H3,(H,25,30)/b26-9+/t15-,17+/m0/s1. The normalized spacial score (nSPS) is 20.3. The number of carbonyl (C=O) groups excluding carboxylic acids is 1. The first-order valence-corrected chi connectivity index (χ1v) is 9.82. The number of hydrogen-bond acceptors (Lipinski definition) is 5. The maximum Gasteiger partial charge on any atom is 0.406 e. The van der Waals surface area contributed by atoms with Crippen LogP contribution in [0.2, 0.25) is 0 Å². The smallest absolute Gasteiger partial charge is 0.386 e. The van der Waals surface area contributed by atoms with E-state index in [0.29, 0.717) is 29.6 Å². The Hall–Kier alpha value is -2.82. The molecule has 1 aliphatic rings.